The predicted molar refractivity (Wildman–Crippen MR) is 69.2 cm³/mol. The molecule has 2 aromatic carbocycles. The first kappa shape index (κ1) is 11.2. The number of ketones is 1. The van der Waals surface area contributed by atoms with E-state index < -0.39 is 5.60 Å². The van der Waals surface area contributed by atoms with Gasteiger partial charge in [-0.1, -0.05) is 60.7 Å². The summed E-state index contributed by atoms with van der Waals surface area (Å²) >= 11 is 0. The number of hydrogen-bond donors (Lipinski definition) is 0. The van der Waals surface area contributed by atoms with Gasteiger partial charge in [0, 0.05) is 6.42 Å². The second-order valence-electron chi connectivity index (χ2n) is 4.56. The number of rotatable bonds is 2. The quantitative estimate of drug-likeness (QED) is 0.804. The number of carbonyl (C=O) groups is 1. The number of Topliss-reactive ketones (excluding diaryl/α,β-unsaturated/α-hetero) is 1. The van der Waals surface area contributed by atoms with Gasteiger partial charge in [0.2, 0.25) is 0 Å². The Balaban J connectivity index is 2.14. The largest absolute Gasteiger partial charge is 0.357 e. The average molecular weight is 238 g/mol. The zero-order valence-corrected chi connectivity index (χ0v) is 10.0. The number of ether oxygens (including phenoxy) is 1. The Kier molecular flexibility index (Phi) is 2.73. The van der Waals surface area contributed by atoms with Crippen LogP contribution in [-0.4, -0.2) is 12.4 Å². The molecule has 0 aliphatic carbocycles. The summed E-state index contributed by atoms with van der Waals surface area (Å²) in [6.45, 7) is 0.198. The molecule has 0 aromatic heterocycles. The molecule has 0 saturated carbocycles. The predicted octanol–water partition coefficient (Wildman–Crippen LogP) is 2.92. The molecule has 0 bridgehead atoms. The van der Waals surface area contributed by atoms with E-state index in [0.717, 1.165) is 11.1 Å². The van der Waals surface area contributed by atoms with Crippen molar-refractivity contribution in [3.8, 4) is 0 Å². The van der Waals surface area contributed by atoms with Gasteiger partial charge in [-0.3, -0.25) is 4.79 Å². The Morgan fingerprint density at radius 3 is 1.72 bits per heavy atom. The molecule has 18 heavy (non-hydrogen) atoms. The molecule has 0 atom stereocenters. The third kappa shape index (κ3) is 1.75. The van der Waals surface area contributed by atoms with E-state index in [4.69, 9.17) is 4.74 Å². The molecule has 0 radical (unpaired) electrons. The Bertz CT molecular complexity index is 506. The van der Waals surface area contributed by atoms with Crippen LogP contribution in [0.15, 0.2) is 60.7 Å². The first-order valence-electron chi connectivity index (χ1n) is 6.08. The molecule has 2 aromatic rings. The van der Waals surface area contributed by atoms with Crippen LogP contribution in [0.1, 0.15) is 17.5 Å². The van der Waals surface area contributed by atoms with Crippen molar-refractivity contribution in [1.29, 1.82) is 0 Å². The van der Waals surface area contributed by atoms with Crippen LogP contribution in [0.4, 0.5) is 0 Å². The highest BCUT2D eigenvalue weighted by atomic mass is 16.5. The van der Waals surface area contributed by atoms with Gasteiger partial charge in [0.25, 0.3) is 0 Å². The van der Waals surface area contributed by atoms with E-state index in [1.807, 2.05) is 60.7 Å². The van der Waals surface area contributed by atoms with E-state index in [1.165, 1.54) is 0 Å². The van der Waals surface area contributed by atoms with Crippen molar-refractivity contribution in [2.75, 3.05) is 6.61 Å². The Morgan fingerprint density at radius 2 is 1.33 bits per heavy atom. The van der Waals surface area contributed by atoms with Crippen LogP contribution in [0.3, 0.4) is 0 Å². The third-order valence-electron chi connectivity index (χ3n) is 3.41. The van der Waals surface area contributed by atoms with Gasteiger partial charge >= 0.3 is 0 Å². The van der Waals surface area contributed by atoms with Gasteiger partial charge in [-0.2, -0.15) is 0 Å². The van der Waals surface area contributed by atoms with Crippen molar-refractivity contribution in [1.82, 2.24) is 0 Å². The smallest absolute Gasteiger partial charge is 0.162 e. The minimum atomic E-state index is -0.598. The normalized spacial score (nSPS) is 17.9. The van der Waals surface area contributed by atoms with Crippen LogP contribution in [0.2, 0.25) is 0 Å². The summed E-state index contributed by atoms with van der Waals surface area (Å²) in [7, 11) is 0. The van der Waals surface area contributed by atoms with E-state index in [-0.39, 0.29) is 12.4 Å². The van der Waals surface area contributed by atoms with Gasteiger partial charge in [-0.15, -0.1) is 0 Å². The monoisotopic (exact) mass is 238 g/mol. The van der Waals surface area contributed by atoms with Crippen LogP contribution in [0.5, 0.6) is 0 Å². The second-order valence-corrected chi connectivity index (χ2v) is 4.56. The molecular weight excluding hydrogens is 224 g/mol. The fraction of sp³-hybridized carbons (Fsp3) is 0.188. The molecule has 1 heterocycles. The lowest BCUT2D eigenvalue weighted by molar-refractivity contribution is -0.117. The topological polar surface area (TPSA) is 26.3 Å². The van der Waals surface area contributed by atoms with Gasteiger partial charge in [-0.25, -0.2) is 0 Å². The van der Waals surface area contributed by atoms with E-state index in [1.54, 1.807) is 0 Å². The van der Waals surface area contributed by atoms with E-state index in [9.17, 15) is 4.79 Å². The maximum Gasteiger partial charge on any atom is 0.162 e. The standard InChI is InChI=1S/C16H14O2/c17-15-11-16(18-12-15,13-7-3-1-4-8-13)14-9-5-2-6-10-14/h1-10H,11-12H2. The lowest BCUT2D eigenvalue weighted by Gasteiger charge is -2.28. The molecule has 1 aliphatic heterocycles. The Labute approximate surface area is 106 Å². The van der Waals surface area contributed by atoms with Crippen LogP contribution >= 0.6 is 0 Å². The lowest BCUT2D eigenvalue weighted by atomic mass is 9.84. The zero-order chi connectivity index (χ0) is 12.4. The van der Waals surface area contributed by atoms with Crippen LogP contribution in [0, 0.1) is 0 Å². The summed E-state index contributed by atoms with van der Waals surface area (Å²) < 4.78 is 5.88. The van der Waals surface area contributed by atoms with Crippen LogP contribution in [-0.2, 0) is 15.1 Å². The first-order chi connectivity index (χ1) is 8.81. The minimum Gasteiger partial charge on any atom is -0.357 e. The van der Waals surface area contributed by atoms with E-state index in [2.05, 4.69) is 0 Å². The summed E-state index contributed by atoms with van der Waals surface area (Å²) in [6, 6.07) is 19.9. The Morgan fingerprint density at radius 1 is 0.833 bits per heavy atom. The van der Waals surface area contributed by atoms with Crippen molar-refractivity contribution in [3.63, 3.8) is 0 Å². The highest BCUT2D eigenvalue weighted by Crippen LogP contribution is 2.40. The molecular formula is C16H14O2. The van der Waals surface area contributed by atoms with Gasteiger partial charge in [0.05, 0.1) is 0 Å². The SMILES string of the molecule is O=C1COC(c2ccccc2)(c2ccccc2)C1. The van der Waals surface area contributed by atoms with Crippen LogP contribution in [0.25, 0.3) is 0 Å². The van der Waals surface area contributed by atoms with Crippen LogP contribution < -0.4 is 0 Å². The van der Waals surface area contributed by atoms with Crippen molar-refractivity contribution in [2.45, 2.75) is 12.0 Å². The minimum absolute atomic E-state index is 0.155. The maximum atomic E-state index is 11.7. The highest BCUT2D eigenvalue weighted by molar-refractivity contribution is 5.84. The molecule has 90 valence electrons. The molecule has 0 spiro atoms. The summed E-state index contributed by atoms with van der Waals surface area (Å²) in [6.07, 6.45) is 0.418. The number of carbonyl (C=O) groups excluding carboxylic acids is 1. The highest BCUT2D eigenvalue weighted by Gasteiger charge is 2.42. The van der Waals surface area contributed by atoms with Gasteiger partial charge in [-0.05, 0) is 11.1 Å². The molecule has 0 amide bonds. The first-order valence-corrected chi connectivity index (χ1v) is 6.08. The lowest BCUT2D eigenvalue weighted by Crippen LogP contribution is -2.26. The van der Waals surface area contributed by atoms with Gasteiger partial charge in [0.15, 0.2) is 5.78 Å². The number of hydrogen-bond acceptors (Lipinski definition) is 2. The second kappa shape index (κ2) is 4.39. The molecule has 0 N–H and O–H groups in total. The van der Waals surface area contributed by atoms with Gasteiger partial charge < -0.3 is 4.74 Å². The molecule has 2 heteroatoms. The molecule has 3 rings (SSSR count). The van der Waals surface area contributed by atoms with E-state index >= 15 is 0 Å². The summed E-state index contributed by atoms with van der Waals surface area (Å²) in [5, 5.41) is 0. The molecule has 1 saturated heterocycles. The molecule has 0 unspecified atom stereocenters. The summed E-state index contributed by atoms with van der Waals surface area (Å²) in [4.78, 5) is 11.7. The molecule has 1 aliphatic rings. The fourth-order valence-electron chi connectivity index (χ4n) is 2.54. The fourth-order valence-corrected chi connectivity index (χ4v) is 2.54. The van der Waals surface area contributed by atoms with Crippen molar-refractivity contribution < 1.29 is 9.53 Å². The number of benzene rings is 2. The zero-order valence-electron chi connectivity index (χ0n) is 10.0. The van der Waals surface area contributed by atoms with Crippen molar-refractivity contribution in [3.05, 3.63) is 71.8 Å². The third-order valence-corrected chi connectivity index (χ3v) is 3.41. The van der Waals surface area contributed by atoms with Crippen molar-refractivity contribution >= 4 is 5.78 Å². The summed E-state index contributed by atoms with van der Waals surface area (Å²) in [5.74, 6) is 0.155. The molecule has 1 fully saturated rings. The van der Waals surface area contributed by atoms with E-state index in [0.29, 0.717) is 6.42 Å². The van der Waals surface area contributed by atoms with Crippen molar-refractivity contribution in [2.24, 2.45) is 0 Å². The Hall–Kier alpha value is -1.93. The van der Waals surface area contributed by atoms with Gasteiger partial charge in [0.1, 0.15) is 12.2 Å². The summed E-state index contributed by atoms with van der Waals surface area (Å²) in [5.41, 5.74) is 1.49. The molecule has 2 nitrogen and oxygen atoms in total. The average Bonchev–Trinajstić information content (AvgIpc) is 2.84. The maximum absolute atomic E-state index is 11.7.